The molecule has 3 rings (SSSR count). The molecule has 0 radical (unpaired) electrons. The number of carbonyl (C=O) groups is 1. The topological polar surface area (TPSA) is 47.8 Å². The first kappa shape index (κ1) is 19.1. The van der Waals surface area contributed by atoms with Gasteiger partial charge in [-0.25, -0.2) is 0 Å². The lowest BCUT2D eigenvalue weighted by molar-refractivity contribution is -0.124. The minimum atomic E-state index is -0.151. The fourth-order valence-electron chi connectivity index (χ4n) is 4.14. The number of nitrogens with zero attached hydrogens (tertiary/aromatic N) is 3. The van der Waals surface area contributed by atoms with Crippen LogP contribution in [0.4, 0.5) is 0 Å². The van der Waals surface area contributed by atoms with Crippen molar-refractivity contribution in [2.75, 3.05) is 0 Å². The molecule has 0 bridgehead atoms. The summed E-state index contributed by atoms with van der Waals surface area (Å²) < 4.78 is 0. The average Bonchev–Trinajstić information content (AvgIpc) is 3.20. The van der Waals surface area contributed by atoms with Crippen molar-refractivity contribution < 1.29 is 4.79 Å². The van der Waals surface area contributed by atoms with E-state index < -0.39 is 0 Å². The van der Waals surface area contributed by atoms with E-state index in [0.29, 0.717) is 5.78 Å². The first-order chi connectivity index (χ1) is 12.7. The number of hydrogen-bond donors (Lipinski definition) is 0. The lowest BCUT2D eigenvalue weighted by atomic mass is 9.97. The van der Waals surface area contributed by atoms with Crippen LogP contribution in [0.1, 0.15) is 89.2 Å². The summed E-state index contributed by atoms with van der Waals surface area (Å²) in [6, 6.07) is 5.92. The van der Waals surface area contributed by atoms with Gasteiger partial charge in [0.2, 0.25) is 0 Å². The van der Waals surface area contributed by atoms with Crippen LogP contribution in [-0.4, -0.2) is 20.8 Å². The Balaban J connectivity index is 1.44. The number of Topliss-reactive ketones (excluding diaryl/α,β-unsaturated/α-hetero) is 1. The van der Waals surface area contributed by atoms with Crippen molar-refractivity contribution in [3.8, 4) is 0 Å². The van der Waals surface area contributed by atoms with Crippen molar-refractivity contribution in [1.82, 2.24) is 15.0 Å². The summed E-state index contributed by atoms with van der Waals surface area (Å²) in [5.74, 6) is 0.570. The van der Waals surface area contributed by atoms with E-state index in [1.807, 2.05) is 18.2 Å². The molecule has 0 aliphatic heterocycles. The maximum atomic E-state index is 12.8. The zero-order chi connectivity index (χ0) is 18.4. The number of carbonyl (C=O) groups excluding carboxylic acids is 1. The van der Waals surface area contributed by atoms with Gasteiger partial charge in [-0.1, -0.05) is 64.4 Å². The summed E-state index contributed by atoms with van der Waals surface area (Å²) in [6.45, 7) is 4.31. The minimum absolute atomic E-state index is 0.151. The van der Waals surface area contributed by atoms with Gasteiger partial charge in [0.25, 0.3) is 0 Å². The molecule has 2 aromatic rings. The van der Waals surface area contributed by atoms with Gasteiger partial charge in [-0.3, -0.25) is 4.79 Å². The average molecular weight is 356 g/mol. The monoisotopic (exact) mass is 355 g/mol. The van der Waals surface area contributed by atoms with Crippen LogP contribution >= 0.6 is 0 Å². The third-order valence-corrected chi connectivity index (χ3v) is 5.76. The second kappa shape index (κ2) is 9.29. The molecule has 1 aliphatic rings. The van der Waals surface area contributed by atoms with E-state index >= 15 is 0 Å². The van der Waals surface area contributed by atoms with E-state index in [4.69, 9.17) is 0 Å². The van der Waals surface area contributed by atoms with E-state index in [0.717, 1.165) is 30.3 Å². The Morgan fingerprint density at radius 2 is 1.65 bits per heavy atom. The van der Waals surface area contributed by atoms with E-state index in [9.17, 15) is 4.79 Å². The van der Waals surface area contributed by atoms with Crippen LogP contribution in [0.5, 0.6) is 0 Å². The van der Waals surface area contributed by atoms with E-state index in [1.165, 1.54) is 56.9 Å². The molecule has 2 unspecified atom stereocenters. The Hall–Kier alpha value is -1.71. The van der Waals surface area contributed by atoms with Gasteiger partial charge in [-0.15, -0.1) is 0 Å². The highest BCUT2D eigenvalue weighted by molar-refractivity contribution is 5.87. The predicted octanol–water partition coefficient (Wildman–Crippen LogP) is 5.79. The molecule has 1 aromatic carbocycles. The fourth-order valence-corrected chi connectivity index (χ4v) is 4.14. The molecule has 1 fully saturated rings. The van der Waals surface area contributed by atoms with Gasteiger partial charge in [-0.2, -0.15) is 15.0 Å². The molecular formula is C22H33N3O. The second-order valence-electron chi connectivity index (χ2n) is 7.97. The molecule has 2 atom stereocenters. The van der Waals surface area contributed by atoms with E-state index in [1.54, 1.807) is 4.80 Å². The van der Waals surface area contributed by atoms with Gasteiger partial charge >= 0.3 is 0 Å². The molecule has 4 heteroatoms. The Bertz CT molecular complexity index is 721. The molecule has 142 valence electrons. The van der Waals surface area contributed by atoms with Crippen molar-refractivity contribution in [2.24, 2.45) is 5.92 Å². The molecule has 1 saturated carbocycles. The van der Waals surface area contributed by atoms with Gasteiger partial charge in [0, 0.05) is 5.92 Å². The maximum absolute atomic E-state index is 12.8. The lowest BCUT2D eigenvalue weighted by Gasteiger charge is -2.10. The highest BCUT2D eigenvalue weighted by atomic mass is 16.1. The number of aromatic nitrogens is 3. The van der Waals surface area contributed by atoms with Crippen LogP contribution in [0.25, 0.3) is 11.0 Å². The number of rotatable bonds is 10. The lowest BCUT2D eigenvalue weighted by Crippen LogP contribution is -2.20. The molecule has 4 nitrogen and oxygen atoms in total. The van der Waals surface area contributed by atoms with E-state index in [2.05, 4.69) is 24.0 Å². The molecule has 0 saturated heterocycles. The molecule has 26 heavy (non-hydrogen) atoms. The molecule has 0 spiro atoms. The van der Waals surface area contributed by atoms with Gasteiger partial charge in [0.15, 0.2) is 5.78 Å². The summed E-state index contributed by atoms with van der Waals surface area (Å²) in [6.07, 6.45) is 13.5. The second-order valence-corrected chi connectivity index (χ2v) is 7.97. The summed E-state index contributed by atoms with van der Waals surface area (Å²) in [7, 11) is 0. The normalized spacial score (nSPS) is 20.3. The summed E-state index contributed by atoms with van der Waals surface area (Å²) in [4.78, 5) is 14.5. The van der Waals surface area contributed by atoms with Crippen molar-refractivity contribution in [2.45, 2.75) is 90.5 Å². The molecule has 1 aliphatic carbocycles. The standard InChI is InChI=1S/C22H33N3O/c1-3-4-5-6-7-8-9-10-11-18-13-15-21(22(18)26)25-23-19-14-12-17(2)16-20(19)24-25/h12,14,16,18,21H,3-11,13,15H2,1-2H3. The Morgan fingerprint density at radius 1 is 0.962 bits per heavy atom. The Kier molecular flexibility index (Phi) is 6.81. The highest BCUT2D eigenvalue weighted by Gasteiger charge is 2.36. The van der Waals surface area contributed by atoms with Crippen molar-refractivity contribution >= 4 is 16.8 Å². The first-order valence-corrected chi connectivity index (χ1v) is 10.6. The molecule has 0 N–H and O–H groups in total. The first-order valence-electron chi connectivity index (χ1n) is 10.6. The van der Waals surface area contributed by atoms with Crippen LogP contribution in [0.15, 0.2) is 18.2 Å². The number of fused-ring (bicyclic) bond motifs is 1. The summed E-state index contributed by atoms with van der Waals surface area (Å²) in [5.41, 5.74) is 2.95. The maximum Gasteiger partial charge on any atom is 0.162 e. The zero-order valence-electron chi connectivity index (χ0n) is 16.4. The van der Waals surface area contributed by atoms with Crippen molar-refractivity contribution in [3.63, 3.8) is 0 Å². The third-order valence-electron chi connectivity index (χ3n) is 5.76. The smallest absolute Gasteiger partial charge is 0.162 e. The number of unbranched alkanes of at least 4 members (excludes halogenated alkanes) is 7. The van der Waals surface area contributed by atoms with Crippen LogP contribution < -0.4 is 0 Å². The zero-order valence-corrected chi connectivity index (χ0v) is 16.4. The number of aryl methyl sites for hydroxylation is 1. The van der Waals surface area contributed by atoms with Crippen LogP contribution in [-0.2, 0) is 4.79 Å². The number of ketones is 1. The van der Waals surface area contributed by atoms with Gasteiger partial charge in [0.1, 0.15) is 17.1 Å². The van der Waals surface area contributed by atoms with Crippen LogP contribution in [0.3, 0.4) is 0 Å². The highest BCUT2D eigenvalue weighted by Crippen LogP contribution is 2.34. The number of benzene rings is 1. The Labute approximate surface area is 157 Å². The minimum Gasteiger partial charge on any atom is -0.297 e. The Morgan fingerprint density at radius 3 is 2.42 bits per heavy atom. The van der Waals surface area contributed by atoms with Crippen molar-refractivity contribution in [1.29, 1.82) is 0 Å². The third kappa shape index (κ3) is 4.72. The van der Waals surface area contributed by atoms with Gasteiger partial charge < -0.3 is 0 Å². The summed E-state index contributed by atoms with van der Waals surface area (Å²) in [5, 5.41) is 9.12. The predicted molar refractivity (Wildman–Crippen MR) is 106 cm³/mol. The number of hydrogen-bond acceptors (Lipinski definition) is 3. The summed E-state index contributed by atoms with van der Waals surface area (Å²) >= 11 is 0. The van der Waals surface area contributed by atoms with Gasteiger partial charge in [-0.05, 0) is 43.9 Å². The molecule has 1 heterocycles. The molecule has 0 amide bonds. The van der Waals surface area contributed by atoms with E-state index in [-0.39, 0.29) is 12.0 Å². The van der Waals surface area contributed by atoms with Crippen LogP contribution in [0, 0.1) is 12.8 Å². The molecular weight excluding hydrogens is 322 g/mol. The van der Waals surface area contributed by atoms with Crippen LogP contribution in [0.2, 0.25) is 0 Å². The fraction of sp³-hybridized carbons (Fsp3) is 0.682. The van der Waals surface area contributed by atoms with Crippen molar-refractivity contribution in [3.05, 3.63) is 23.8 Å². The largest absolute Gasteiger partial charge is 0.297 e. The quantitative estimate of drug-likeness (QED) is 0.507. The SMILES string of the molecule is CCCCCCCCCCC1CCC(n2nc3ccc(C)cc3n2)C1=O. The molecule has 1 aromatic heterocycles. The van der Waals surface area contributed by atoms with Gasteiger partial charge in [0.05, 0.1) is 0 Å².